The molecule has 0 heterocycles. The van der Waals surface area contributed by atoms with E-state index < -0.39 is 5.41 Å². The Balaban J connectivity index is 2.34. The highest BCUT2D eigenvalue weighted by atomic mass is 16.2. The van der Waals surface area contributed by atoms with Gasteiger partial charge in [0, 0.05) is 22.6 Å². The van der Waals surface area contributed by atoms with Gasteiger partial charge in [0.25, 0.3) is 0 Å². The molecule has 0 unspecified atom stereocenters. The van der Waals surface area contributed by atoms with E-state index in [4.69, 9.17) is 0 Å². The third-order valence-electron chi connectivity index (χ3n) is 2.89. The van der Waals surface area contributed by atoms with Gasteiger partial charge in [-0.25, -0.2) is 0 Å². The summed E-state index contributed by atoms with van der Waals surface area (Å²) in [5.74, 6) is -0.883. The molecule has 19 heavy (non-hydrogen) atoms. The van der Waals surface area contributed by atoms with E-state index in [-0.39, 0.29) is 23.2 Å². The first-order valence-corrected chi connectivity index (χ1v) is 6.02. The lowest BCUT2D eigenvalue weighted by atomic mass is 9.91. The average molecular weight is 257 g/mol. The molecule has 0 aromatic heterocycles. The van der Waals surface area contributed by atoms with Gasteiger partial charge in [-0.05, 0) is 0 Å². The smallest absolute Gasteiger partial charge is 0.229 e. The van der Waals surface area contributed by atoms with Crippen molar-refractivity contribution in [1.82, 2.24) is 5.32 Å². The summed E-state index contributed by atoms with van der Waals surface area (Å²) in [6.07, 6.45) is 1.19. The largest absolute Gasteiger partial charge is 0.322 e. The van der Waals surface area contributed by atoms with E-state index >= 15 is 0 Å². The quantitative estimate of drug-likeness (QED) is 0.838. The summed E-state index contributed by atoms with van der Waals surface area (Å²) in [5.41, 5.74) is 0.130. The van der Waals surface area contributed by atoms with Gasteiger partial charge >= 0.3 is 0 Å². The number of amides is 1. The van der Waals surface area contributed by atoms with Crippen molar-refractivity contribution >= 4 is 17.5 Å². The Labute approximate surface area is 111 Å². The molecular weight excluding hydrogens is 242 g/mol. The standard InChI is InChI=1S/C15H15NO3/c1-15(2,3)14(19)16-11-8-12(17)9-6-4-5-7-10(9)13(11)18/h4-8H,1-3H3,(H,16,19). The van der Waals surface area contributed by atoms with Gasteiger partial charge in [0.2, 0.25) is 11.7 Å². The van der Waals surface area contributed by atoms with Crippen LogP contribution in [0.3, 0.4) is 0 Å². The first-order valence-electron chi connectivity index (χ1n) is 6.02. The zero-order valence-corrected chi connectivity index (χ0v) is 11.1. The van der Waals surface area contributed by atoms with Crippen molar-refractivity contribution < 1.29 is 14.4 Å². The van der Waals surface area contributed by atoms with Gasteiger partial charge < -0.3 is 5.32 Å². The van der Waals surface area contributed by atoms with Crippen LogP contribution in [0, 0.1) is 5.41 Å². The molecule has 4 nitrogen and oxygen atoms in total. The molecule has 4 heteroatoms. The number of hydrogen-bond acceptors (Lipinski definition) is 3. The highest BCUT2D eigenvalue weighted by molar-refractivity contribution is 6.25. The van der Waals surface area contributed by atoms with Crippen molar-refractivity contribution in [2.45, 2.75) is 20.8 Å². The summed E-state index contributed by atoms with van der Waals surface area (Å²) in [6, 6.07) is 6.59. The molecular formula is C15H15NO3. The zero-order valence-electron chi connectivity index (χ0n) is 11.1. The molecule has 0 saturated heterocycles. The van der Waals surface area contributed by atoms with Crippen LogP contribution in [0.25, 0.3) is 0 Å². The number of carbonyl (C=O) groups excluding carboxylic acids is 3. The van der Waals surface area contributed by atoms with E-state index in [9.17, 15) is 14.4 Å². The number of ketones is 2. The molecule has 0 radical (unpaired) electrons. The van der Waals surface area contributed by atoms with Gasteiger partial charge in [0.05, 0.1) is 5.70 Å². The van der Waals surface area contributed by atoms with Crippen molar-refractivity contribution in [3.05, 3.63) is 47.2 Å². The van der Waals surface area contributed by atoms with Crippen LogP contribution < -0.4 is 5.32 Å². The summed E-state index contributed by atoms with van der Waals surface area (Å²) in [6.45, 7) is 5.23. The minimum atomic E-state index is -0.624. The molecule has 1 aromatic carbocycles. The number of nitrogens with one attached hydrogen (secondary N) is 1. The second kappa shape index (κ2) is 4.46. The van der Waals surface area contributed by atoms with Crippen molar-refractivity contribution in [2.24, 2.45) is 5.41 Å². The second-order valence-electron chi connectivity index (χ2n) is 5.50. The zero-order chi connectivity index (χ0) is 14.2. The van der Waals surface area contributed by atoms with Crippen LogP contribution in [0.2, 0.25) is 0 Å². The molecule has 1 N–H and O–H groups in total. The number of Topliss-reactive ketones (excluding diaryl/α,β-unsaturated/α-hetero) is 1. The van der Waals surface area contributed by atoms with E-state index in [0.717, 1.165) is 0 Å². The summed E-state index contributed by atoms with van der Waals surface area (Å²) in [4.78, 5) is 36.0. The fourth-order valence-electron chi connectivity index (χ4n) is 1.72. The maximum atomic E-state index is 12.2. The normalized spacial score (nSPS) is 14.8. The first kappa shape index (κ1) is 13.2. The number of hydrogen-bond donors (Lipinski definition) is 1. The SMILES string of the molecule is CC(C)(C)C(=O)NC1=CC(=O)c2ccccc2C1=O. The minimum absolute atomic E-state index is 0.0450. The molecule has 0 saturated carbocycles. The molecule has 0 bridgehead atoms. The summed E-state index contributed by atoms with van der Waals surface area (Å²) in [7, 11) is 0. The number of carbonyl (C=O) groups is 3. The minimum Gasteiger partial charge on any atom is -0.322 e. The molecule has 0 atom stereocenters. The Morgan fingerprint density at radius 3 is 2.21 bits per heavy atom. The van der Waals surface area contributed by atoms with Crippen molar-refractivity contribution in [3.8, 4) is 0 Å². The Morgan fingerprint density at radius 1 is 1.05 bits per heavy atom. The number of allylic oxidation sites excluding steroid dienone is 2. The first-order chi connectivity index (χ1) is 8.80. The fraction of sp³-hybridized carbons (Fsp3) is 0.267. The van der Waals surface area contributed by atoms with Crippen LogP contribution in [-0.4, -0.2) is 17.5 Å². The number of fused-ring (bicyclic) bond motifs is 1. The van der Waals surface area contributed by atoms with Crippen LogP contribution in [0.4, 0.5) is 0 Å². The molecule has 1 aliphatic rings. The van der Waals surface area contributed by atoms with Crippen molar-refractivity contribution in [3.63, 3.8) is 0 Å². The Morgan fingerprint density at radius 2 is 1.63 bits per heavy atom. The van der Waals surface area contributed by atoms with Crippen LogP contribution in [-0.2, 0) is 4.79 Å². The molecule has 2 rings (SSSR count). The third-order valence-corrected chi connectivity index (χ3v) is 2.89. The second-order valence-corrected chi connectivity index (χ2v) is 5.50. The molecule has 1 aliphatic carbocycles. The van der Waals surface area contributed by atoms with E-state index in [2.05, 4.69) is 5.32 Å². The molecule has 1 amide bonds. The van der Waals surface area contributed by atoms with Crippen LogP contribution in [0.1, 0.15) is 41.5 Å². The summed E-state index contributed by atoms with van der Waals surface area (Å²) >= 11 is 0. The Kier molecular flexibility index (Phi) is 3.10. The molecule has 0 aliphatic heterocycles. The lowest BCUT2D eigenvalue weighted by Gasteiger charge is -2.21. The molecule has 0 spiro atoms. The van der Waals surface area contributed by atoms with E-state index in [0.29, 0.717) is 11.1 Å². The third kappa shape index (κ3) is 2.47. The van der Waals surface area contributed by atoms with E-state index in [1.807, 2.05) is 0 Å². The van der Waals surface area contributed by atoms with E-state index in [1.165, 1.54) is 6.08 Å². The predicted molar refractivity (Wildman–Crippen MR) is 70.8 cm³/mol. The van der Waals surface area contributed by atoms with Gasteiger partial charge in [-0.15, -0.1) is 0 Å². The molecule has 0 fully saturated rings. The monoisotopic (exact) mass is 257 g/mol. The van der Waals surface area contributed by atoms with Crippen molar-refractivity contribution in [1.29, 1.82) is 0 Å². The topological polar surface area (TPSA) is 63.2 Å². The van der Waals surface area contributed by atoms with Crippen molar-refractivity contribution in [2.75, 3.05) is 0 Å². The van der Waals surface area contributed by atoms with Crippen LogP contribution in [0.15, 0.2) is 36.0 Å². The molecule has 1 aromatic rings. The van der Waals surface area contributed by atoms with Gasteiger partial charge in [0.15, 0.2) is 5.78 Å². The number of benzene rings is 1. The van der Waals surface area contributed by atoms with E-state index in [1.54, 1.807) is 45.0 Å². The highest BCUT2D eigenvalue weighted by Gasteiger charge is 2.29. The lowest BCUT2D eigenvalue weighted by Crippen LogP contribution is -2.38. The molecule has 98 valence electrons. The van der Waals surface area contributed by atoms with Gasteiger partial charge in [0.1, 0.15) is 0 Å². The van der Waals surface area contributed by atoms with Gasteiger partial charge in [-0.1, -0.05) is 45.0 Å². The van der Waals surface area contributed by atoms with Gasteiger partial charge in [-0.3, -0.25) is 14.4 Å². The Hall–Kier alpha value is -2.23. The van der Waals surface area contributed by atoms with Crippen LogP contribution >= 0.6 is 0 Å². The van der Waals surface area contributed by atoms with Gasteiger partial charge in [-0.2, -0.15) is 0 Å². The number of rotatable bonds is 1. The van der Waals surface area contributed by atoms with Crippen LogP contribution in [0.5, 0.6) is 0 Å². The Bertz CT molecular complexity index is 606. The highest BCUT2D eigenvalue weighted by Crippen LogP contribution is 2.21. The maximum absolute atomic E-state index is 12.2. The summed E-state index contributed by atoms with van der Waals surface area (Å²) < 4.78 is 0. The summed E-state index contributed by atoms with van der Waals surface area (Å²) in [5, 5.41) is 2.53. The average Bonchev–Trinajstić information content (AvgIpc) is 2.34. The fourth-order valence-corrected chi connectivity index (χ4v) is 1.72. The predicted octanol–water partition coefficient (Wildman–Crippen LogP) is 2.11. The maximum Gasteiger partial charge on any atom is 0.229 e. The lowest BCUT2D eigenvalue weighted by molar-refractivity contribution is -0.127.